The first-order valence-electron chi connectivity index (χ1n) is 6.40. The van der Waals surface area contributed by atoms with Crippen molar-refractivity contribution < 1.29 is 4.79 Å². The van der Waals surface area contributed by atoms with Gasteiger partial charge in [0.2, 0.25) is 5.91 Å². The van der Waals surface area contributed by atoms with Crippen LogP contribution >= 0.6 is 0 Å². The summed E-state index contributed by atoms with van der Waals surface area (Å²) >= 11 is 0. The van der Waals surface area contributed by atoms with E-state index < -0.39 is 0 Å². The molecule has 1 aromatic rings. The highest BCUT2D eigenvalue weighted by Gasteiger charge is 2.18. The standard InChI is InChI=1S/C12H21N5O/c1-16-5-3-2-4-11(16)7-14-10-6-15-17(8-10)9-12(13)18/h6,8,11,14H,2-5,7,9H2,1H3,(H2,13,18). The van der Waals surface area contributed by atoms with Crippen molar-refractivity contribution in [3.63, 3.8) is 0 Å². The lowest BCUT2D eigenvalue weighted by Crippen LogP contribution is -2.40. The first-order valence-corrected chi connectivity index (χ1v) is 6.40. The zero-order valence-corrected chi connectivity index (χ0v) is 10.8. The van der Waals surface area contributed by atoms with Gasteiger partial charge >= 0.3 is 0 Å². The summed E-state index contributed by atoms with van der Waals surface area (Å²) in [5.74, 6) is -0.378. The van der Waals surface area contributed by atoms with Crippen LogP contribution in [0.1, 0.15) is 19.3 Å². The third kappa shape index (κ3) is 3.46. The molecule has 1 amide bonds. The fourth-order valence-corrected chi connectivity index (χ4v) is 2.34. The van der Waals surface area contributed by atoms with Crippen molar-refractivity contribution in [2.24, 2.45) is 5.73 Å². The van der Waals surface area contributed by atoms with Crippen molar-refractivity contribution in [2.75, 3.05) is 25.5 Å². The van der Waals surface area contributed by atoms with Crippen molar-refractivity contribution in [1.29, 1.82) is 0 Å². The van der Waals surface area contributed by atoms with E-state index >= 15 is 0 Å². The molecule has 1 unspecified atom stereocenters. The Kier molecular flexibility index (Phi) is 4.19. The van der Waals surface area contributed by atoms with Crippen LogP contribution in [-0.2, 0) is 11.3 Å². The molecule has 6 heteroatoms. The summed E-state index contributed by atoms with van der Waals surface area (Å²) < 4.78 is 1.55. The Bertz CT molecular complexity index is 403. The minimum Gasteiger partial charge on any atom is -0.381 e. The van der Waals surface area contributed by atoms with Crippen LogP contribution in [0.5, 0.6) is 0 Å². The van der Waals surface area contributed by atoms with Gasteiger partial charge in [0.05, 0.1) is 11.9 Å². The van der Waals surface area contributed by atoms with Gasteiger partial charge in [0, 0.05) is 18.8 Å². The van der Waals surface area contributed by atoms with E-state index in [4.69, 9.17) is 5.73 Å². The molecule has 1 saturated heterocycles. The Labute approximate surface area is 107 Å². The number of hydrogen-bond acceptors (Lipinski definition) is 4. The Hall–Kier alpha value is -1.56. The minimum atomic E-state index is -0.378. The molecule has 1 aromatic heterocycles. The van der Waals surface area contributed by atoms with E-state index in [0.717, 1.165) is 12.2 Å². The molecule has 0 aromatic carbocycles. The van der Waals surface area contributed by atoms with E-state index in [0.29, 0.717) is 6.04 Å². The number of amides is 1. The van der Waals surface area contributed by atoms with Gasteiger partial charge in [-0.25, -0.2) is 0 Å². The number of carbonyl (C=O) groups is 1. The minimum absolute atomic E-state index is 0.130. The highest BCUT2D eigenvalue weighted by atomic mass is 16.1. The summed E-state index contributed by atoms with van der Waals surface area (Å²) in [6, 6.07) is 0.582. The van der Waals surface area contributed by atoms with Crippen molar-refractivity contribution in [3.05, 3.63) is 12.4 Å². The summed E-state index contributed by atoms with van der Waals surface area (Å²) in [5, 5.41) is 7.44. The molecule has 3 N–H and O–H groups in total. The van der Waals surface area contributed by atoms with Crippen LogP contribution in [0.15, 0.2) is 12.4 Å². The number of anilines is 1. The van der Waals surface area contributed by atoms with Crippen LogP contribution in [0.3, 0.4) is 0 Å². The molecule has 0 spiro atoms. The summed E-state index contributed by atoms with van der Waals surface area (Å²) in [4.78, 5) is 13.2. The maximum Gasteiger partial charge on any atom is 0.239 e. The van der Waals surface area contributed by atoms with Gasteiger partial charge in [0.15, 0.2) is 0 Å². The van der Waals surface area contributed by atoms with Gasteiger partial charge < -0.3 is 16.0 Å². The number of aromatic nitrogens is 2. The van der Waals surface area contributed by atoms with Gasteiger partial charge in [-0.2, -0.15) is 5.10 Å². The van der Waals surface area contributed by atoms with Gasteiger partial charge in [-0.15, -0.1) is 0 Å². The smallest absolute Gasteiger partial charge is 0.239 e. The molecule has 0 aliphatic carbocycles. The quantitative estimate of drug-likeness (QED) is 0.787. The lowest BCUT2D eigenvalue weighted by Gasteiger charge is -2.32. The molecule has 0 saturated carbocycles. The summed E-state index contributed by atoms with van der Waals surface area (Å²) in [5.41, 5.74) is 6.06. The van der Waals surface area contributed by atoms with Crippen molar-refractivity contribution >= 4 is 11.6 Å². The van der Waals surface area contributed by atoms with Gasteiger partial charge in [-0.1, -0.05) is 6.42 Å². The Morgan fingerprint density at radius 3 is 3.17 bits per heavy atom. The maximum atomic E-state index is 10.8. The predicted octanol–water partition coefficient (Wildman–Crippen LogP) is 0.265. The van der Waals surface area contributed by atoms with Gasteiger partial charge in [0.1, 0.15) is 6.54 Å². The SMILES string of the molecule is CN1CCCCC1CNc1cnn(CC(N)=O)c1. The average molecular weight is 251 g/mol. The van der Waals surface area contributed by atoms with Crippen LogP contribution in [0, 0.1) is 0 Å². The number of nitrogens with one attached hydrogen (secondary N) is 1. The highest BCUT2D eigenvalue weighted by Crippen LogP contribution is 2.15. The molecule has 1 aliphatic heterocycles. The average Bonchev–Trinajstić information content (AvgIpc) is 2.75. The van der Waals surface area contributed by atoms with E-state index in [1.165, 1.54) is 25.8 Å². The monoisotopic (exact) mass is 251 g/mol. The van der Waals surface area contributed by atoms with Crippen molar-refractivity contribution in [3.8, 4) is 0 Å². The van der Waals surface area contributed by atoms with E-state index in [2.05, 4.69) is 22.4 Å². The summed E-state index contributed by atoms with van der Waals surface area (Å²) in [6.07, 6.45) is 7.37. The number of rotatable bonds is 5. The molecule has 100 valence electrons. The lowest BCUT2D eigenvalue weighted by molar-refractivity contribution is -0.118. The number of hydrogen-bond donors (Lipinski definition) is 2. The topological polar surface area (TPSA) is 76.2 Å². The molecular weight excluding hydrogens is 230 g/mol. The van der Waals surface area contributed by atoms with E-state index in [1.54, 1.807) is 10.9 Å². The second-order valence-corrected chi connectivity index (χ2v) is 4.90. The summed E-state index contributed by atoms with van der Waals surface area (Å²) in [7, 11) is 2.17. The summed E-state index contributed by atoms with van der Waals surface area (Å²) in [6.45, 7) is 2.22. The fraction of sp³-hybridized carbons (Fsp3) is 0.667. The Balaban J connectivity index is 1.82. The molecule has 2 heterocycles. The van der Waals surface area contributed by atoms with Crippen molar-refractivity contribution in [1.82, 2.24) is 14.7 Å². The van der Waals surface area contributed by atoms with E-state index in [1.807, 2.05) is 6.20 Å². The third-order valence-corrected chi connectivity index (χ3v) is 3.41. The molecule has 0 radical (unpaired) electrons. The number of likely N-dealkylation sites (tertiary alicyclic amines) is 1. The highest BCUT2D eigenvalue weighted by molar-refractivity contribution is 5.73. The lowest BCUT2D eigenvalue weighted by atomic mass is 10.0. The van der Waals surface area contributed by atoms with Crippen LogP contribution in [-0.4, -0.2) is 46.8 Å². The molecule has 18 heavy (non-hydrogen) atoms. The normalized spacial score (nSPS) is 20.8. The zero-order valence-electron chi connectivity index (χ0n) is 10.8. The number of carbonyl (C=O) groups excluding carboxylic acids is 1. The van der Waals surface area contributed by atoms with E-state index in [9.17, 15) is 4.79 Å². The number of nitrogens with zero attached hydrogens (tertiary/aromatic N) is 3. The molecule has 0 bridgehead atoms. The van der Waals surface area contributed by atoms with E-state index in [-0.39, 0.29) is 12.5 Å². The number of likely N-dealkylation sites (N-methyl/N-ethyl adjacent to an activating group) is 1. The molecule has 1 aliphatic rings. The second-order valence-electron chi connectivity index (χ2n) is 4.90. The van der Waals surface area contributed by atoms with Gasteiger partial charge in [-0.3, -0.25) is 9.48 Å². The van der Waals surface area contributed by atoms with Crippen LogP contribution in [0.25, 0.3) is 0 Å². The van der Waals surface area contributed by atoms with Crippen LogP contribution in [0.2, 0.25) is 0 Å². The first kappa shape index (κ1) is 12.9. The molecule has 1 atom stereocenters. The number of nitrogens with two attached hydrogens (primary N) is 1. The largest absolute Gasteiger partial charge is 0.381 e. The van der Waals surface area contributed by atoms with Crippen molar-refractivity contribution in [2.45, 2.75) is 31.8 Å². The first-order chi connectivity index (χ1) is 8.65. The second kappa shape index (κ2) is 5.86. The predicted molar refractivity (Wildman–Crippen MR) is 70.2 cm³/mol. The zero-order chi connectivity index (χ0) is 13.0. The molecular formula is C12H21N5O. The Morgan fingerprint density at radius 2 is 2.44 bits per heavy atom. The van der Waals surface area contributed by atoms with Crippen LogP contribution < -0.4 is 11.1 Å². The van der Waals surface area contributed by atoms with Crippen LogP contribution in [0.4, 0.5) is 5.69 Å². The van der Waals surface area contributed by atoms with Gasteiger partial charge in [0.25, 0.3) is 0 Å². The third-order valence-electron chi connectivity index (χ3n) is 3.41. The molecule has 1 fully saturated rings. The fourth-order valence-electron chi connectivity index (χ4n) is 2.34. The number of primary amides is 1. The molecule has 6 nitrogen and oxygen atoms in total. The Morgan fingerprint density at radius 1 is 1.61 bits per heavy atom. The maximum absolute atomic E-state index is 10.8. The molecule has 2 rings (SSSR count). The number of piperidine rings is 1. The van der Waals surface area contributed by atoms with Gasteiger partial charge in [-0.05, 0) is 26.4 Å².